The third-order valence-corrected chi connectivity index (χ3v) is 4.03. The van der Waals surface area contributed by atoms with Crippen LogP contribution in [0, 0.1) is 5.41 Å². The van der Waals surface area contributed by atoms with E-state index < -0.39 is 0 Å². The fraction of sp³-hybridized carbons (Fsp3) is 0.909. The highest BCUT2D eigenvalue weighted by molar-refractivity contribution is 4.93. The highest BCUT2D eigenvalue weighted by Gasteiger charge is 2.36. The highest BCUT2D eigenvalue weighted by Crippen LogP contribution is 2.45. The fourth-order valence-corrected chi connectivity index (χ4v) is 2.38. The van der Waals surface area contributed by atoms with Crippen molar-refractivity contribution in [1.82, 2.24) is 25.5 Å². The number of rotatable bonds is 5. The van der Waals surface area contributed by atoms with E-state index in [0.29, 0.717) is 5.41 Å². The fourth-order valence-electron chi connectivity index (χ4n) is 2.38. The Morgan fingerprint density at radius 3 is 2.75 bits per heavy atom. The molecule has 0 radical (unpaired) electrons. The molecule has 5 nitrogen and oxygen atoms in total. The van der Waals surface area contributed by atoms with Gasteiger partial charge in [0.1, 0.15) is 0 Å². The van der Waals surface area contributed by atoms with E-state index in [-0.39, 0.29) is 6.04 Å². The van der Waals surface area contributed by atoms with Gasteiger partial charge in [-0.25, -0.2) is 4.68 Å². The van der Waals surface area contributed by atoms with Gasteiger partial charge in [0, 0.05) is 0 Å². The SMILES string of the molecule is CCC1(Cn2nnnc2C(C)NC)CCC1. The van der Waals surface area contributed by atoms with Gasteiger partial charge in [-0.05, 0) is 49.1 Å². The summed E-state index contributed by atoms with van der Waals surface area (Å²) in [7, 11) is 1.93. The summed E-state index contributed by atoms with van der Waals surface area (Å²) >= 11 is 0. The van der Waals surface area contributed by atoms with Gasteiger partial charge in [-0.1, -0.05) is 13.3 Å². The van der Waals surface area contributed by atoms with Crippen LogP contribution in [0.1, 0.15) is 51.4 Å². The monoisotopic (exact) mass is 223 g/mol. The number of tetrazole rings is 1. The van der Waals surface area contributed by atoms with Crippen molar-refractivity contribution in [2.45, 2.75) is 52.1 Å². The van der Waals surface area contributed by atoms with E-state index in [4.69, 9.17) is 0 Å². The minimum absolute atomic E-state index is 0.212. The van der Waals surface area contributed by atoms with Crippen LogP contribution in [0.2, 0.25) is 0 Å². The second-order valence-electron chi connectivity index (χ2n) is 4.91. The molecule has 1 aromatic heterocycles. The zero-order valence-electron chi connectivity index (χ0n) is 10.4. The maximum Gasteiger partial charge on any atom is 0.167 e. The molecule has 1 heterocycles. The van der Waals surface area contributed by atoms with Gasteiger partial charge in [0.2, 0.25) is 0 Å². The topological polar surface area (TPSA) is 55.6 Å². The Morgan fingerprint density at radius 2 is 2.25 bits per heavy atom. The minimum Gasteiger partial charge on any atom is -0.311 e. The number of hydrogen-bond acceptors (Lipinski definition) is 4. The lowest BCUT2D eigenvalue weighted by Gasteiger charge is -2.41. The Hall–Kier alpha value is -0.970. The molecule has 1 aromatic rings. The molecule has 1 aliphatic carbocycles. The highest BCUT2D eigenvalue weighted by atomic mass is 15.5. The van der Waals surface area contributed by atoms with Crippen LogP contribution in [-0.4, -0.2) is 27.3 Å². The maximum absolute atomic E-state index is 4.12. The zero-order valence-corrected chi connectivity index (χ0v) is 10.4. The van der Waals surface area contributed by atoms with Crippen LogP contribution in [0.5, 0.6) is 0 Å². The summed E-state index contributed by atoms with van der Waals surface area (Å²) in [4.78, 5) is 0. The summed E-state index contributed by atoms with van der Waals surface area (Å²) in [5.74, 6) is 0.947. The summed E-state index contributed by atoms with van der Waals surface area (Å²) < 4.78 is 1.98. The second-order valence-corrected chi connectivity index (χ2v) is 4.91. The molecular weight excluding hydrogens is 202 g/mol. The van der Waals surface area contributed by atoms with Gasteiger partial charge in [0.25, 0.3) is 0 Å². The first kappa shape index (κ1) is 11.5. The van der Waals surface area contributed by atoms with E-state index in [0.717, 1.165) is 12.4 Å². The van der Waals surface area contributed by atoms with Crippen molar-refractivity contribution >= 4 is 0 Å². The van der Waals surface area contributed by atoms with Crippen molar-refractivity contribution in [3.8, 4) is 0 Å². The molecule has 0 aromatic carbocycles. The third kappa shape index (κ3) is 1.96. The number of hydrogen-bond donors (Lipinski definition) is 1. The first-order valence-corrected chi connectivity index (χ1v) is 6.14. The molecule has 0 aliphatic heterocycles. The molecular formula is C11H21N5. The second kappa shape index (κ2) is 4.49. The van der Waals surface area contributed by atoms with Gasteiger partial charge in [-0.15, -0.1) is 5.10 Å². The lowest BCUT2D eigenvalue weighted by atomic mass is 9.67. The van der Waals surface area contributed by atoms with Crippen LogP contribution in [0.4, 0.5) is 0 Å². The quantitative estimate of drug-likeness (QED) is 0.822. The molecule has 90 valence electrons. The standard InChI is InChI=1S/C11H21N5/c1-4-11(6-5-7-11)8-16-10(9(2)12-3)13-14-15-16/h9,12H,4-8H2,1-3H3. The van der Waals surface area contributed by atoms with Crippen LogP contribution < -0.4 is 5.32 Å². The smallest absolute Gasteiger partial charge is 0.167 e. The van der Waals surface area contributed by atoms with Gasteiger partial charge < -0.3 is 5.32 Å². The summed E-state index contributed by atoms with van der Waals surface area (Å²) in [6, 6.07) is 0.212. The molecule has 2 rings (SSSR count). The molecule has 1 aliphatic rings. The maximum atomic E-state index is 4.12. The van der Waals surface area contributed by atoms with Gasteiger partial charge in [0.15, 0.2) is 5.82 Å². The first-order valence-electron chi connectivity index (χ1n) is 6.14. The van der Waals surface area contributed by atoms with E-state index in [1.54, 1.807) is 0 Å². The summed E-state index contributed by atoms with van der Waals surface area (Å²) in [5.41, 5.74) is 0.456. The third-order valence-electron chi connectivity index (χ3n) is 4.03. The van der Waals surface area contributed by atoms with E-state index in [9.17, 15) is 0 Å². The van der Waals surface area contributed by atoms with Crippen LogP contribution in [-0.2, 0) is 6.54 Å². The van der Waals surface area contributed by atoms with Gasteiger partial charge >= 0.3 is 0 Å². The lowest BCUT2D eigenvalue weighted by molar-refractivity contribution is 0.0919. The molecule has 16 heavy (non-hydrogen) atoms. The Morgan fingerprint density at radius 1 is 1.50 bits per heavy atom. The molecule has 0 spiro atoms. The Balaban J connectivity index is 2.12. The normalized spacial score (nSPS) is 20.4. The number of nitrogens with zero attached hydrogens (tertiary/aromatic N) is 4. The molecule has 5 heteroatoms. The molecule has 0 saturated heterocycles. The molecule has 0 amide bonds. The minimum atomic E-state index is 0.212. The molecule has 1 N–H and O–H groups in total. The van der Waals surface area contributed by atoms with Crippen LogP contribution in [0.3, 0.4) is 0 Å². The predicted molar refractivity (Wildman–Crippen MR) is 61.9 cm³/mol. The van der Waals surface area contributed by atoms with E-state index >= 15 is 0 Å². The van der Waals surface area contributed by atoms with Gasteiger partial charge in [-0.3, -0.25) is 0 Å². The summed E-state index contributed by atoms with van der Waals surface area (Å²) in [6.45, 7) is 5.32. The predicted octanol–water partition coefficient (Wildman–Crippen LogP) is 1.53. The van der Waals surface area contributed by atoms with Crippen molar-refractivity contribution in [3.63, 3.8) is 0 Å². The average Bonchev–Trinajstić information content (AvgIpc) is 2.70. The molecule has 1 saturated carbocycles. The van der Waals surface area contributed by atoms with Crippen molar-refractivity contribution < 1.29 is 0 Å². The van der Waals surface area contributed by atoms with Crippen LogP contribution >= 0.6 is 0 Å². The Kier molecular flexibility index (Phi) is 3.23. The Labute approximate surface area is 96.6 Å². The molecule has 1 atom stereocenters. The average molecular weight is 223 g/mol. The lowest BCUT2D eigenvalue weighted by Crippen LogP contribution is -2.35. The van der Waals surface area contributed by atoms with Crippen LogP contribution in [0.15, 0.2) is 0 Å². The van der Waals surface area contributed by atoms with Crippen molar-refractivity contribution in [3.05, 3.63) is 5.82 Å². The first-order chi connectivity index (χ1) is 7.71. The van der Waals surface area contributed by atoms with E-state index in [1.165, 1.54) is 25.7 Å². The van der Waals surface area contributed by atoms with Crippen molar-refractivity contribution in [2.24, 2.45) is 5.41 Å². The Bertz CT molecular complexity index is 336. The largest absolute Gasteiger partial charge is 0.311 e. The zero-order chi connectivity index (χ0) is 11.6. The van der Waals surface area contributed by atoms with Crippen molar-refractivity contribution in [1.29, 1.82) is 0 Å². The summed E-state index contributed by atoms with van der Waals surface area (Å²) in [6.07, 6.45) is 5.21. The van der Waals surface area contributed by atoms with Crippen LogP contribution in [0.25, 0.3) is 0 Å². The molecule has 0 bridgehead atoms. The molecule has 1 unspecified atom stereocenters. The number of nitrogens with one attached hydrogen (secondary N) is 1. The van der Waals surface area contributed by atoms with E-state index in [2.05, 4.69) is 34.7 Å². The van der Waals surface area contributed by atoms with Gasteiger partial charge in [0.05, 0.1) is 12.6 Å². The number of aromatic nitrogens is 4. The van der Waals surface area contributed by atoms with Crippen molar-refractivity contribution in [2.75, 3.05) is 7.05 Å². The van der Waals surface area contributed by atoms with Gasteiger partial charge in [-0.2, -0.15) is 0 Å². The summed E-state index contributed by atoms with van der Waals surface area (Å²) in [5, 5.41) is 15.2. The molecule has 1 fully saturated rings. The van der Waals surface area contributed by atoms with E-state index in [1.807, 2.05) is 11.7 Å².